The summed E-state index contributed by atoms with van der Waals surface area (Å²) < 4.78 is 5.55. The number of carbonyl (C=O) groups excluding carboxylic acids is 1. The molecule has 9 nitrogen and oxygen atoms in total. The van der Waals surface area contributed by atoms with Gasteiger partial charge in [0.1, 0.15) is 18.1 Å². The van der Waals surface area contributed by atoms with Crippen molar-refractivity contribution in [1.29, 1.82) is 0 Å². The maximum absolute atomic E-state index is 13.2. The zero-order valence-electron chi connectivity index (χ0n) is 18.9. The Kier molecular flexibility index (Phi) is 4.88. The number of anilines is 3. The number of hydrogen-bond acceptors (Lipinski definition) is 8. The Morgan fingerprint density at radius 2 is 1.91 bits per heavy atom. The van der Waals surface area contributed by atoms with Crippen LogP contribution in [0.15, 0.2) is 48.8 Å². The SMILES string of the molecule is Nc1nc(N2CCC3(CC2)Cc2ccccc2[C@H]3N)cnc1C(=O)N1CCOc2ncccc21. The lowest BCUT2D eigenvalue weighted by Gasteiger charge is -2.42. The summed E-state index contributed by atoms with van der Waals surface area (Å²) in [7, 11) is 0. The highest BCUT2D eigenvalue weighted by Crippen LogP contribution is 2.50. The summed E-state index contributed by atoms with van der Waals surface area (Å²) in [6, 6.07) is 12.1. The van der Waals surface area contributed by atoms with E-state index < -0.39 is 0 Å². The van der Waals surface area contributed by atoms with Crippen LogP contribution in [0, 0.1) is 5.41 Å². The number of piperidine rings is 1. The Morgan fingerprint density at radius 3 is 2.71 bits per heavy atom. The average molecular weight is 458 g/mol. The second-order valence-corrected chi connectivity index (χ2v) is 9.30. The monoisotopic (exact) mass is 457 g/mol. The van der Waals surface area contributed by atoms with Crippen LogP contribution in [-0.2, 0) is 6.42 Å². The molecule has 1 atom stereocenters. The minimum atomic E-state index is -0.304. The highest BCUT2D eigenvalue weighted by molar-refractivity contribution is 6.08. The first-order valence-corrected chi connectivity index (χ1v) is 11.7. The molecule has 9 heteroatoms. The largest absolute Gasteiger partial charge is 0.474 e. The van der Waals surface area contributed by atoms with E-state index in [4.69, 9.17) is 16.2 Å². The predicted molar refractivity (Wildman–Crippen MR) is 129 cm³/mol. The van der Waals surface area contributed by atoms with Gasteiger partial charge in [-0.05, 0) is 47.9 Å². The van der Waals surface area contributed by atoms with E-state index in [1.165, 1.54) is 11.1 Å². The van der Waals surface area contributed by atoms with Gasteiger partial charge in [0, 0.05) is 25.3 Å². The number of ether oxygens (including phenoxy) is 1. The van der Waals surface area contributed by atoms with E-state index in [0.717, 1.165) is 32.4 Å². The molecule has 2 aromatic heterocycles. The second kappa shape index (κ2) is 7.95. The summed E-state index contributed by atoms with van der Waals surface area (Å²) in [5.74, 6) is 0.947. The number of benzene rings is 1. The van der Waals surface area contributed by atoms with Crippen LogP contribution in [0.1, 0.15) is 40.5 Å². The first-order chi connectivity index (χ1) is 16.6. The molecular formula is C25H27N7O2. The van der Waals surface area contributed by atoms with Gasteiger partial charge in [-0.2, -0.15) is 0 Å². The molecule has 1 amide bonds. The quantitative estimate of drug-likeness (QED) is 0.601. The lowest BCUT2D eigenvalue weighted by molar-refractivity contribution is 0.0971. The molecule has 1 aliphatic carbocycles. The number of fused-ring (bicyclic) bond motifs is 2. The third-order valence-electron chi connectivity index (χ3n) is 7.51. The van der Waals surface area contributed by atoms with Gasteiger partial charge >= 0.3 is 0 Å². The number of hydrogen-bond donors (Lipinski definition) is 2. The minimum absolute atomic E-state index is 0.0629. The number of amides is 1. The number of nitrogens with two attached hydrogens (primary N) is 2. The van der Waals surface area contributed by atoms with Crippen LogP contribution in [0.4, 0.5) is 17.3 Å². The molecule has 3 aliphatic rings. The number of carbonyl (C=O) groups is 1. The zero-order chi connectivity index (χ0) is 23.3. The summed E-state index contributed by atoms with van der Waals surface area (Å²) in [5.41, 5.74) is 16.4. The third kappa shape index (κ3) is 3.27. The predicted octanol–water partition coefficient (Wildman–Crippen LogP) is 2.34. The summed E-state index contributed by atoms with van der Waals surface area (Å²) >= 11 is 0. The van der Waals surface area contributed by atoms with Gasteiger partial charge in [-0.3, -0.25) is 9.69 Å². The van der Waals surface area contributed by atoms with Crippen molar-refractivity contribution in [3.63, 3.8) is 0 Å². The summed E-state index contributed by atoms with van der Waals surface area (Å²) in [4.78, 5) is 30.2. The zero-order valence-corrected chi connectivity index (χ0v) is 18.9. The Bertz CT molecular complexity index is 1260. The van der Waals surface area contributed by atoms with Crippen LogP contribution in [0.5, 0.6) is 5.88 Å². The molecule has 0 radical (unpaired) electrons. The van der Waals surface area contributed by atoms with Crippen LogP contribution >= 0.6 is 0 Å². The van der Waals surface area contributed by atoms with Gasteiger partial charge in [-0.25, -0.2) is 15.0 Å². The third-order valence-corrected chi connectivity index (χ3v) is 7.51. The molecular weight excluding hydrogens is 430 g/mol. The fraction of sp³-hybridized carbons (Fsp3) is 0.360. The van der Waals surface area contributed by atoms with Gasteiger partial charge in [0.2, 0.25) is 5.88 Å². The number of aromatic nitrogens is 3. The van der Waals surface area contributed by atoms with Crippen LogP contribution in [-0.4, -0.2) is 47.1 Å². The van der Waals surface area contributed by atoms with E-state index in [1.54, 1.807) is 29.4 Å². The van der Waals surface area contributed by atoms with Crippen molar-refractivity contribution in [2.24, 2.45) is 11.1 Å². The van der Waals surface area contributed by atoms with Gasteiger partial charge in [0.25, 0.3) is 5.91 Å². The summed E-state index contributed by atoms with van der Waals surface area (Å²) in [6.45, 7) is 2.41. The van der Waals surface area contributed by atoms with Crippen LogP contribution in [0.25, 0.3) is 0 Å². The Hall–Kier alpha value is -3.72. The highest BCUT2D eigenvalue weighted by Gasteiger charge is 2.46. The van der Waals surface area contributed by atoms with E-state index in [9.17, 15) is 4.79 Å². The Morgan fingerprint density at radius 1 is 1.09 bits per heavy atom. The van der Waals surface area contributed by atoms with Gasteiger partial charge in [0.15, 0.2) is 11.5 Å². The molecule has 4 heterocycles. The van der Waals surface area contributed by atoms with Crippen molar-refractivity contribution in [1.82, 2.24) is 15.0 Å². The van der Waals surface area contributed by atoms with Crippen molar-refractivity contribution in [2.75, 3.05) is 41.8 Å². The summed E-state index contributed by atoms with van der Waals surface area (Å²) in [5, 5.41) is 0. The highest BCUT2D eigenvalue weighted by atomic mass is 16.5. The Balaban J connectivity index is 1.18. The van der Waals surface area contributed by atoms with Crippen molar-refractivity contribution in [2.45, 2.75) is 25.3 Å². The van der Waals surface area contributed by atoms with Crippen LogP contribution < -0.4 is 26.0 Å². The fourth-order valence-electron chi connectivity index (χ4n) is 5.59. The van der Waals surface area contributed by atoms with Crippen LogP contribution in [0.2, 0.25) is 0 Å². The summed E-state index contributed by atoms with van der Waals surface area (Å²) in [6.07, 6.45) is 6.26. The number of nitrogens with zero attached hydrogens (tertiary/aromatic N) is 5. The van der Waals surface area contributed by atoms with E-state index in [-0.39, 0.29) is 28.9 Å². The molecule has 1 saturated heterocycles. The molecule has 6 rings (SSSR count). The van der Waals surface area contributed by atoms with Gasteiger partial charge in [0.05, 0.1) is 12.7 Å². The average Bonchev–Trinajstić information content (AvgIpc) is 3.14. The minimum Gasteiger partial charge on any atom is -0.474 e. The number of pyridine rings is 1. The van der Waals surface area contributed by atoms with Crippen LogP contribution in [0.3, 0.4) is 0 Å². The molecule has 2 aliphatic heterocycles. The number of rotatable bonds is 2. The van der Waals surface area contributed by atoms with Crippen molar-refractivity contribution in [3.8, 4) is 5.88 Å². The van der Waals surface area contributed by atoms with E-state index in [1.807, 2.05) is 0 Å². The van der Waals surface area contributed by atoms with Crippen molar-refractivity contribution < 1.29 is 9.53 Å². The first kappa shape index (κ1) is 20.9. The van der Waals surface area contributed by atoms with E-state index >= 15 is 0 Å². The van der Waals surface area contributed by atoms with Gasteiger partial charge in [-0.15, -0.1) is 0 Å². The molecule has 0 bridgehead atoms. The molecule has 1 spiro atoms. The molecule has 0 unspecified atom stereocenters. The van der Waals surface area contributed by atoms with Gasteiger partial charge < -0.3 is 21.1 Å². The smallest absolute Gasteiger partial charge is 0.280 e. The van der Waals surface area contributed by atoms with Crippen molar-refractivity contribution in [3.05, 3.63) is 65.6 Å². The number of nitrogen functional groups attached to an aromatic ring is 1. The molecule has 0 saturated carbocycles. The maximum Gasteiger partial charge on any atom is 0.280 e. The van der Waals surface area contributed by atoms with Crippen molar-refractivity contribution >= 4 is 23.2 Å². The van der Waals surface area contributed by atoms with E-state index in [0.29, 0.717) is 30.5 Å². The molecule has 174 valence electrons. The normalized spacial score (nSPS) is 20.6. The molecule has 34 heavy (non-hydrogen) atoms. The fourth-order valence-corrected chi connectivity index (χ4v) is 5.59. The lowest BCUT2D eigenvalue weighted by Crippen LogP contribution is -2.44. The maximum atomic E-state index is 13.2. The molecule has 4 N–H and O–H groups in total. The Labute approximate surface area is 197 Å². The first-order valence-electron chi connectivity index (χ1n) is 11.7. The molecule has 1 fully saturated rings. The molecule has 3 aromatic rings. The molecule has 1 aromatic carbocycles. The van der Waals surface area contributed by atoms with E-state index in [2.05, 4.69) is 44.1 Å². The standard InChI is InChI=1S/C25H27N7O2/c26-21-17-5-2-1-4-16(17)14-25(21)7-10-31(11-8-25)19-15-29-20(22(27)30-19)24(33)32-12-13-34-23-18(32)6-3-9-28-23/h1-6,9,15,21H,7-8,10-14,26H2,(H2,27,30)/t21-/m1/s1. The topological polar surface area (TPSA) is 123 Å². The second-order valence-electron chi connectivity index (χ2n) is 9.30. The van der Waals surface area contributed by atoms with Gasteiger partial charge in [-0.1, -0.05) is 24.3 Å². The lowest BCUT2D eigenvalue weighted by atomic mass is 9.73.